The van der Waals surface area contributed by atoms with Crippen molar-refractivity contribution in [1.29, 1.82) is 0 Å². The third-order valence-electron chi connectivity index (χ3n) is 15.8. The molecule has 6 aliphatic heterocycles. The van der Waals surface area contributed by atoms with Crippen LogP contribution in [0.25, 0.3) is 0 Å². The zero-order valence-corrected chi connectivity index (χ0v) is 43.9. The third kappa shape index (κ3) is 11.8. The maximum absolute atomic E-state index is 14.4. The smallest absolute Gasteiger partial charge is 0.409 e. The van der Waals surface area contributed by atoms with Crippen LogP contribution in [0.2, 0.25) is 5.02 Å². The quantitative estimate of drug-likeness (QED) is 0.194. The number of hydrogen-bond acceptors (Lipinski definition) is 16. The summed E-state index contributed by atoms with van der Waals surface area (Å²) in [5.41, 5.74) is -2.12. The van der Waals surface area contributed by atoms with E-state index in [0.29, 0.717) is 80.0 Å². The predicted molar refractivity (Wildman–Crippen MR) is 264 cm³/mol. The molecule has 398 valence electrons. The van der Waals surface area contributed by atoms with E-state index in [1.807, 2.05) is 19.1 Å². The number of nitrogens with zero attached hydrogens (tertiary/aromatic N) is 3. The van der Waals surface area contributed by atoms with E-state index < -0.39 is 88.1 Å². The fourth-order valence-corrected chi connectivity index (χ4v) is 13.3. The molecule has 2 saturated carbocycles. The van der Waals surface area contributed by atoms with Gasteiger partial charge < -0.3 is 38.5 Å². The van der Waals surface area contributed by atoms with Crippen molar-refractivity contribution in [2.75, 3.05) is 38.5 Å². The van der Waals surface area contributed by atoms with Gasteiger partial charge in [0.25, 0.3) is 11.8 Å². The summed E-state index contributed by atoms with van der Waals surface area (Å²) in [5, 5.41) is 14.7. The van der Waals surface area contributed by atoms with Gasteiger partial charge in [-0.1, -0.05) is 35.4 Å². The number of imide groups is 2. The van der Waals surface area contributed by atoms with Gasteiger partial charge in [0.15, 0.2) is 5.72 Å². The molecule has 6 fully saturated rings. The number of fused-ring (bicyclic) bond motifs is 6. The monoisotopic (exact) mass is 1050 g/mol. The zero-order valence-electron chi connectivity index (χ0n) is 42.3. The minimum atomic E-state index is -1.87. The van der Waals surface area contributed by atoms with Crippen LogP contribution in [0.15, 0.2) is 35.9 Å². The molecule has 4 saturated heterocycles. The van der Waals surface area contributed by atoms with Crippen molar-refractivity contribution in [3.63, 3.8) is 0 Å². The Balaban J connectivity index is 0.888. The Hall–Kier alpha value is -5.02. The van der Waals surface area contributed by atoms with Crippen LogP contribution in [0.5, 0.6) is 5.75 Å². The Bertz CT molecular complexity index is 2410. The van der Waals surface area contributed by atoms with Crippen LogP contribution < -0.4 is 15.0 Å². The van der Waals surface area contributed by atoms with Crippen LogP contribution in [-0.2, 0) is 63.8 Å². The minimum absolute atomic E-state index is 0.0187. The highest BCUT2D eigenvalue weighted by Gasteiger charge is 2.63. The molecule has 8 aliphatic rings. The number of esters is 1. The van der Waals surface area contributed by atoms with Crippen molar-refractivity contribution in [2.45, 2.75) is 158 Å². The van der Waals surface area contributed by atoms with E-state index in [2.05, 4.69) is 5.32 Å². The van der Waals surface area contributed by atoms with Gasteiger partial charge in [0.05, 0.1) is 36.3 Å². The number of methoxy groups -OCH3 is 2. The highest BCUT2D eigenvalue weighted by atomic mass is 35.5. The van der Waals surface area contributed by atoms with Crippen molar-refractivity contribution in [3.05, 3.63) is 46.5 Å². The fraction of sp³-hybridized carbons (Fsp3) is 0.654. The lowest BCUT2D eigenvalue weighted by atomic mass is 9.72. The first-order valence-electron chi connectivity index (χ1n) is 25.3. The number of halogens is 1. The number of thioether (sulfide) groups is 1. The summed E-state index contributed by atoms with van der Waals surface area (Å²) in [4.78, 5) is 113. The lowest BCUT2D eigenvalue weighted by Gasteiger charge is -2.59. The molecule has 7 atom stereocenters. The van der Waals surface area contributed by atoms with Gasteiger partial charge in [-0.2, -0.15) is 0 Å². The van der Waals surface area contributed by atoms with E-state index in [1.165, 1.54) is 35.8 Å². The summed E-state index contributed by atoms with van der Waals surface area (Å²) in [6.07, 6.45) is 6.29. The van der Waals surface area contributed by atoms with Crippen molar-refractivity contribution in [3.8, 4) is 5.75 Å². The molecule has 1 aromatic rings. The number of hydroxylamine groups is 2. The molecule has 2 N–H and O–H groups in total. The second kappa shape index (κ2) is 22.1. The molecule has 0 aromatic heterocycles. The standard InChI is InChI=1S/C52H67ClN4O15S/c1-29-8-7-9-38(68-6)52(66)25-40(70-49(65)54-52)51(3)28-50(2,72-51)39(24-43(60)55(4)35-21-32(20-29)22-36(67-5)45(35)53)69-47(63)33-16-12-31(13-17-33)27-73-37-23-44(61)56(46(37)62)26-30-10-14-34(15-11-30)48(64)71-57-41(58)18-19-42(57)59/h7-9,21-22,30-31,33-34,37-40,66H,10-20,23-28H2,1-6H3,(H,54,65)/b9-7+,29-8+/t30-,31?,33?,34-,37?,38-,39+,40?,50-,51?,52+/m1/s1. The summed E-state index contributed by atoms with van der Waals surface area (Å²) >= 11 is 8.31. The molecule has 9 rings (SSSR count). The number of aliphatic hydroxyl groups is 1. The van der Waals surface area contributed by atoms with Crippen LogP contribution in [-0.4, -0.2) is 137 Å². The van der Waals surface area contributed by atoms with Crippen LogP contribution in [0.1, 0.15) is 116 Å². The molecule has 21 heteroatoms. The summed E-state index contributed by atoms with van der Waals surface area (Å²) < 4.78 is 30.0. The number of ether oxygens (including phenoxy) is 5. The van der Waals surface area contributed by atoms with Gasteiger partial charge in [-0.25, -0.2) is 9.59 Å². The average Bonchev–Trinajstić information content (AvgIpc) is 3.81. The fourth-order valence-electron chi connectivity index (χ4n) is 11.6. The molecule has 3 unspecified atom stereocenters. The van der Waals surface area contributed by atoms with E-state index in [-0.39, 0.29) is 73.7 Å². The van der Waals surface area contributed by atoms with Gasteiger partial charge >= 0.3 is 18.0 Å². The molecule has 2 aliphatic carbocycles. The molecular weight excluding hydrogens is 988 g/mol. The van der Waals surface area contributed by atoms with E-state index in [1.54, 1.807) is 39.1 Å². The van der Waals surface area contributed by atoms with Crippen molar-refractivity contribution < 1.29 is 72.0 Å². The summed E-state index contributed by atoms with van der Waals surface area (Å²) in [5.74, 6) is -2.73. The Labute approximate surface area is 434 Å². The molecule has 19 nitrogen and oxygen atoms in total. The van der Waals surface area contributed by atoms with E-state index in [9.17, 15) is 43.5 Å². The SMILES string of the molecule is COc1cc2cc(c1Cl)N(C)C(=O)C[C@H](OC(=O)C1CCC(CSC3CC(=O)N(C[C@H]4CC[C@H](C(=O)ON5C(=O)CCC5=O)CC4)C3=O)CC1)[C@@]1(C)CC(C)(O1)C1C[C@@](O)(NC(=O)O1)[C@H](OC)/C=C/C=C(\C)C2. The Morgan fingerprint density at radius 1 is 0.877 bits per heavy atom. The van der Waals surface area contributed by atoms with Crippen molar-refractivity contribution in [2.24, 2.45) is 23.7 Å². The maximum Gasteiger partial charge on any atom is 0.409 e. The van der Waals surface area contributed by atoms with Gasteiger partial charge in [-0.05, 0) is 114 Å². The largest absolute Gasteiger partial charge is 0.495 e. The van der Waals surface area contributed by atoms with Gasteiger partial charge in [0, 0.05) is 52.8 Å². The number of anilines is 1. The number of carbonyl (C=O) groups excluding carboxylic acids is 8. The third-order valence-corrected chi connectivity index (χ3v) is 17.7. The predicted octanol–water partition coefficient (Wildman–Crippen LogP) is 5.89. The highest BCUT2D eigenvalue weighted by molar-refractivity contribution is 8.00. The first-order chi connectivity index (χ1) is 34.6. The number of alkyl carbamates (subject to hydrolysis) is 1. The number of carbonyl (C=O) groups is 8. The molecular formula is C52H67ClN4O15S. The number of nitrogens with one attached hydrogen (secondary N) is 1. The van der Waals surface area contributed by atoms with Gasteiger partial charge in [0.1, 0.15) is 40.3 Å². The summed E-state index contributed by atoms with van der Waals surface area (Å²) in [7, 11) is 4.52. The topological polar surface area (TPSA) is 234 Å². The second-order valence-electron chi connectivity index (χ2n) is 21.3. The highest BCUT2D eigenvalue weighted by Crippen LogP contribution is 2.51. The van der Waals surface area contributed by atoms with E-state index >= 15 is 0 Å². The van der Waals surface area contributed by atoms with Gasteiger partial charge in [-0.15, -0.1) is 16.8 Å². The normalized spacial score (nSPS) is 35.4. The van der Waals surface area contributed by atoms with Crippen molar-refractivity contribution in [1.82, 2.24) is 15.3 Å². The van der Waals surface area contributed by atoms with Crippen LogP contribution in [0.3, 0.4) is 0 Å². The first-order valence-corrected chi connectivity index (χ1v) is 26.7. The number of amides is 6. The molecule has 1 aromatic carbocycles. The van der Waals surface area contributed by atoms with Crippen LogP contribution in [0.4, 0.5) is 10.5 Å². The number of benzene rings is 1. The number of hydrogen-bond donors (Lipinski definition) is 2. The molecule has 6 bridgehead atoms. The van der Waals surface area contributed by atoms with Crippen molar-refractivity contribution >= 4 is 76.6 Å². The Kier molecular flexibility index (Phi) is 16.4. The average molecular weight is 1060 g/mol. The number of likely N-dealkylation sites (tertiary alicyclic amines) is 1. The van der Waals surface area contributed by atoms with Gasteiger partial charge in [0.2, 0.25) is 17.7 Å². The lowest BCUT2D eigenvalue weighted by Crippen LogP contribution is -2.72. The summed E-state index contributed by atoms with van der Waals surface area (Å²) in [6, 6.07) is 3.61. The second-order valence-corrected chi connectivity index (χ2v) is 22.9. The molecule has 0 spiro atoms. The van der Waals surface area contributed by atoms with Crippen LogP contribution in [0, 0.1) is 23.7 Å². The van der Waals surface area contributed by atoms with Crippen LogP contribution >= 0.6 is 23.4 Å². The molecule has 6 heterocycles. The molecule has 73 heavy (non-hydrogen) atoms. The van der Waals surface area contributed by atoms with Gasteiger partial charge in [-0.3, -0.25) is 39.0 Å². The Morgan fingerprint density at radius 2 is 1.52 bits per heavy atom. The van der Waals surface area contributed by atoms with E-state index in [0.717, 1.165) is 11.1 Å². The molecule has 0 radical (unpaired) electrons. The lowest BCUT2D eigenvalue weighted by molar-refractivity contribution is -0.328. The maximum atomic E-state index is 14.4. The summed E-state index contributed by atoms with van der Waals surface area (Å²) in [6.45, 7) is 5.70. The number of rotatable bonds is 11. The molecule has 6 amide bonds. The van der Waals surface area contributed by atoms with E-state index in [4.69, 9.17) is 40.1 Å². The Morgan fingerprint density at radius 3 is 2.16 bits per heavy atom. The zero-order chi connectivity index (χ0) is 52.6. The number of allylic oxidation sites excluding steroid dienone is 3. The minimum Gasteiger partial charge on any atom is -0.495 e. The first kappa shape index (κ1) is 54.2.